The monoisotopic (exact) mass is 205 g/mol. The summed E-state index contributed by atoms with van der Waals surface area (Å²) in [6.45, 7) is 8.21. The van der Waals surface area contributed by atoms with Gasteiger partial charge in [-0.2, -0.15) is 0 Å². The second-order valence-corrected chi connectivity index (χ2v) is 4.38. The molecular formula is C13H19NO. The highest BCUT2D eigenvalue weighted by Gasteiger charge is 2.11. The lowest BCUT2D eigenvalue weighted by molar-refractivity contribution is 0.0930. The maximum atomic E-state index is 11.8. The van der Waals surface area contributed by atoms with E-state index in [4.69, 9.17) is 0 Å². The van der Waals surface area contributed by atoms with Gasteiger partial charge in [0.1, 0.15) is 0 Å². The smallest absolute Gasteiger partial charge is 0.251 e. The van der Waals surface area contributed by atoms with Gasteiger partial charge < -0.3 is 5.32 Å². The van der Waals surface area contributed by atoms with Crippen molar-refractivity contribution in [2.45, 2.75) is 33.7 Å². The first-order valence-electron chi connectivity index (χ1n) is 5.38. The van der Waals surface area contributed by atoms with Crippen molar-refractivity contribution in [2.75, 3.05) is 0 Å². The lowest BCUT2D eigenvalue weighted by atomic mass is 10.1. The van der Waals surface area contributed by atoms with E-state index >= 15 is 0 Å². The Kier molecular flexibility index (Phi) is 3.89. The van der Waals surface area contributed by atoms with E-state index in [1.807, 2.05) is 38.1 Å². The minimum Gasteiger partial charge on any atom is -0.349 e. The molecule has 2 heteroatoms. The summed E-state index contributed by atoms with van der Waals surface area (Å²) in [5.74, 6) is 0.471. The zero-order valence-electron chi connectivity index (χ0n) is 9.87. The number of benzene rings is 1. The van der Waals surface area contributed by atoms with Crippen LogP contribution in [0.3, 0.4) is 0 Å². The summed E-state index contributed by atoms with van der Waals surface area (Å²) in [7, 11) is 0. The molecule has 0 unspecified atom stereocenters. The molecule has 82 valence electrons. The third-order valence-corrected chi connectivity index (χ3v) is 2.64. The molecule has 1 aromatic rings. The molecule has 0 saturated carbocycles. The first-order valence-corrected chi connectivity index (χ1v) is 5.38. The molecule has 15 heavy (non-hydrogen) atoms. The molecule has 1 atom stereocenters. The third-order valence-electron chi connectivity index (χ3n) is 2.64. The van der Waals surface area contributed by atoms with Gasteiger partial charge in [0.25, 0.3) is 5.91 Å². The number of carbonyl (C=O) groups is 1. The molecule has 0 spiro atoms. The van der Waals surface area contributed by atoms with Crippen LogP contribution in [-0.4, -0.2) is 11.9 Å². The first-order chi connectivity index (χ1) is 7.00. The standard InChI is InChI=1S/C13H19NO/c1-9(2)11(4)14-13(15)12-7-5-6-10(3)8-12/h5-9,11H,1-4H3,(H,14,15)/t11-/m1/s1. The van der Waals surface area contributed by atoms with E-state index in [9.17, 15) is 4.79 Å². The molecule has 0 fully saturated rings. The maximum Gasteiger partial charge on any atom is 0.251 e. The van der Waals surface area contributed by atoms with Gasteiger partial charge >= 0.3 is 0 Å². The van der Waals surface area contributed by atoms with Gasteiger partial charge in [-0.3, -0.25) is 4.79 Å². The number of amides is 1. The van der Waals surface area contributed by atoms with Gasteiger partial charge in [-0.05, 0) is 31.9 Å². The van der Waals surface area contributed by atoms with E-state index in [2.05, 4.69) is 19.2 Å². The molecule has 1 aromatic carbocycles. The van der Waals surface area contributed by atoms with Crippen molar-refractivity contribution in [3.8, 4) is 0 Å². The number of rotatable bonds is 3. The van der Waals surface area contributed by atoms with Crippen LogP contribution in [-0.2, 0) is 0 Å². The maximum absolute atomic E-state index is 11.8. The SMILES string of the molecule is Cc1cccc(C(=O)N[C@H](C)C(C)C)c1. The quantitative estimate of drug-likeness (QED) is 0.807. The molecule has 1 amide bonds. The van der Waals surface area contributed by atoms with Crippen LogP contribution >= 0.6 is 0 Å². The summed E-state index contributed by atoms with van der Waals surface area (Å²) >= 11 is 0. The van der Waals surface area contributed by atoms with Crippen LogP contribution < -0.4 is 5.32 Å². The number of nitrogens with one attached hydrogen (secondary N) is 1. The van der Waals surface area contributed by atoms with Gasteiger partial charge in [0.2, 0.25) is 0 Å². The zero-order valence-corrected chi connectivity index (χ0v) is 9.87. The van der Waals surface area contributed by atoms with Gasteiger partial charge in [-0.1, -0.05) is 31.5 Å². The fourth-order valence-electron chi connectivity index (χ4n) is 1.24. The highest BCUT2D eigenvalue weighted by Crippen LogP contribution is 2.06. The van der Waals surface area contributed by atoms with Crippen molar-refractivity contribution in [1.82, 2.24) is 5.32 Å². The predicted molar refractivity (Wildman–Crippen MR) is 62.9 cm³/mol. The normalized spacial score (nSPS) is 12.6. The van der Waals surface area contributed by atoms with E-state index in [1.165, 1.54) is 0 Å². The van der Waals surface area contributed by atoms with Crippen LogP contribution in [0.2, 0.25) is 0 Å². The second-order valence-electron chi connectivity index (χ2n) is 4.38. The zero-order chi connectivity index (χ0) is 11.4. The fourth-order valence-corrected chi connectivity index (χ4v) is 1.24. The molecule has 0 heterocycles. The van der Waals surface area contributed by atoms with Gasteiger partial charge in [0, 0.05) is 11.6 Å². The molecule has 0 bridgehead atoms. The molecule has 0 saturated heterocycles. The van der Waals surface area contributed by atoms with Gasteiger partial charge in [0.05, 0.1) is 0 Å². The topological polar surface area (TPSA) is 29.1 Å². The molecule has 1 N–H and O–H groups in total. The largest absolute Gasteiger partial charge is 0.349 e. The number of hydrogen-bond donors (Lipinski definition) is 1. The predicted octanol–water partition coefficient (Wildman–Crippen LogP) is 2.77. The Labute approximate surface area is 91.7 Å². The van der Waals surface area contributed by atoms with Crippen molar-refractivity contribution in [3.63, 3.8) is 0 Å². The molecule has 0 aromatic heterocycles. The summed E-state index contributed by atoms with van der Waals surface area (Å²) in [6.07, 6.45) is 0. The minimum absolute atomic E-state index is 0.0138. The highest BCUT2D eigenvalue weighted by molar-refractivity contribution is 5.94. The Morgan fingerprint density at radius 2 is 1.93 bits per heavy atom. The molecule has 0 aliphatic rings. The summed E-state index contributed by atoms with van der Waals surface area (Å²) in [6, 6.07) is 7.85. The molecule has 0 aliphatic carbocycles. The van der Waals surface area contributed by atoms with Crippen molar-refractivity contribution < 1.29 is 4.79 Å². The Morgan fingerprint density at radius 1 is 1.27 bits per heavy atom. The summed E-state index contributed by atoms with van der Waals surface area (Å²) in [4.78, 5) is 11.8. The number of carbonyl (C=O) groups excluding carboxylic acids is 1. The van der Waals surface area contributed by atoms with Crippen LogP contribution in [0.25, 0.3) is 0 Å². The van der Waals surface area contributed by atoms with Crippen molar-refractivity contribution in [2.24, 2.45) is 5.92 Å². The summed E-state index contributed by atoms with van der Waals surface area (Å²) in [5.41, 5.74) is 1.85. The summed E-state index contributed by atoms with van der Waals surface area (Å²) < 4.78 is 0. The van der Waals surface area contributed by atoms with E-state index < -0.39 is 0 Å². The molecule has 0 radical (unpaired) electrons. The minimum atomic E-state index is 0.0138. The third kappa shape index (κ3) is 3.39. The van der Waals surface area contributed by atoms with Gasteiger partial charge in [-0.15, -0.1) is 0 Å². The average molecular weight is 205 g/mol. The van der Waals surface area contributed by atoms with E-state index in [0.717, 1.165) is 11.1 Å². The van der Waals surface area contributed by atoms with E-state index in [-0.39, 0.29) is 11.9 Å². The van der Waals surface area contributed by atoms with Crippen LogP contribution in [0.5, 0.6) is 0 Å². The molecular weight excluding hydrogens is 186 g/mol. The molecule has 0 aliphatic heterocycles. The Balaban J connectivity index is 2.69. The molecule has 2 nitrogen and oxygen atoms in total. The van der Waals surface area contributed by atoms with Crippen molar-refractivity contribution in [3.05, 3.63) is 35.4 Å². The fraction of sp³-hybridized carbons (Fsp3) is 0.462. The number of aryl methyl sites for hydroxylation is 1. The van der Waals surface area contributed by atoms with Gasteiger partial charge in [-0.25, -0.2) is 0 Å². The number of hydrogen-bond acceptors (Lipinski definition) is 1. The van der Waals surface area contributed by atoms with E-state index in [1.54, 1.807) is 0 Å². The van der Waals surface area contributed by atoms with E-state index in [0.29, 0.717) is 5.92 Å². The molecule has 1 rings (SSSR count). The Morgan fingerprint density at radius 3 is 2.47 bits per heavy atom. The highest BCUT2D eigenvalue weighted by atomic mass is 16.1. The van der Waals surface area contributed by atoms with Crippen molar-refractivity contribution >= 4 is 5.91 Å². The lowest BCUT2D eigenvalue weighted by Gasteiger charge is -2.17. The Bertz CT molecular complexity index is 344. The van der Waals surface area contributed by atoms with Gasteiger partial charge in [0.15, 0.2) is 0 Å². The van der Waals surface area contributed by atoms with Crippen LogP contribution in [0.4, 0.5) is 0 Å². The average Bonchev–Trinajstić information content (AvgIpc) is 2.17. The lowest BCUT2D eigenvalue weighted by Crippen LogP contribution is -2.36. The Hall–Kier alpha value is -1.31. The van der Waals surface area contributed by atoms with Crippen LogP contribution in [0, 0.1) is 12.8 Å². The van der Waals surface area contributed by atoms with Crippen LogP contribution in [0.15, 0.2) is 24.3 Å². The summed E-state index contributed by atoms with van der Waals surface area (Å²) in [5, 5.41) is 2.98. The first kappa shape index (κ1) is 11.8. The van der Waals surface area contributed by atoms with Crippen LogP contribution in [0.1, 0.15) is 36.7 Å². The van der Waals surface area contributed by atoms with Crippen molar-refractivity contribution in [1.29, 1.82) is 0 Å². The second kappa shape index (κ2) is 4.96.